The van der Waals surface area contributed by atoms with E-state index in [0.717, 1.165) is 50.4 Å². The van der Waals surface area contributed by atoms with Crippen LogP contribution < -0.4 is 14.2 Å². The topological polar surface area (TPSA) is 97.8 Å². The number of carbonyl (C=O) groups excluding carboxylic acids is 2. The van der Waals surface area contributed by atoms with Gasteiger partial charge in [-0.1, -0.05) is 30.7 Å². The maximum Gasteiger partial charge on any atom is 0.302 e. The number of ether oxygens (including phenoxy) is 4. The van der Waals surface area contributed by atoms with Crippen LogP contribution in [0.5, 0.6) is 23.0 Å². The zero-order chi connectivity index (χ0) is 34.8. The van der Waals surface area contributed by atoms with Crippen LogP contribution in [0.15, 0.2) is 60.7 Å². The Bertz CT molecular complexity index is 1700. The molecule has 5 atom stereocenters. The smallest absolute Gasteiger partial charge is 0.302 e. The highest BCUT2D eigenvalue weighted by atomic mass is 35.5. The summed E-state index contributed by atoms with van der Waals surface area (Å²) in [5.41, 5.74) is 4.13. The number of amides is 1. The molecule has 8 rings (SSSR count). The lowest BCUT2D eigenvalue weighted by atomic mass is 9.55. The largest absolute Gasteiger partial charge is 0.508 e. The number of rotatable bonds is 6. The van der Waals surface area contributed by atoms with Crippen molar-refractivity contribution in [2.24, 2.45) is 17.3 Å². The fourth-order valence-corrected chi connectivity index (χ4v) is 9.26. The lowest BCUT2D eigenvalue weighted by Crippen LogP contribution is -2.49. The summed E-state index contributed by atoms with van der Waals surface area (Å²) in [5, 5.41) is 10.4. The molecule has 3 aromatic carbocycles. The molecule has 0 aromatic heterocycles. The number of aryl methyl sites for hydroxylation is 1. The number of hydrogen-bond acceptors (Lipinski definition) is 8. The van der Waals surface area contributed by atoms with E-state index in [9.17, 15) is 14.7 Å². The van der Waals surface area contributed by atoms with E-state index in [1.54, 1.807) is 24.3 Å². The minimum atomic E-state index is -0.136. The first-order chi connectivity index (χ1) is 24.2. The number of fused-ring (bicyclic) bond motifs is 6. The average molecular weight is 740 g/mol. The maximum atomic E-state index is 12.4. The molecule has 3 fully saturated rings. The Balaban J connectivity index is 0.000000174. The van der Waals surface area contributed by atoms with Crippen LogP contribution in [-0.4, -0.2) is 72.5 Å². The molecule has 51 heavy (non-hydrogen) atoms. The third kappa shape index (κ3) is 8.21. The molecular formula is C40H48Cl2N2O7. The van der Waals surface area contributed by atoms with Gasteiger partial charge >= 0.3 is 5.97 Å². The molecule has 5 aliphatic rings. The molecule has 2 saturated carbocycles. The molecule has 3 aliphatic carbocycles. The van der Waals surface area contributed by atoms with Crippen molar-refractivity contribution in [2.75, 3.05) is 39.6 Å². The SMILES string of the molecule is CC(=O)OC1CCC2C3CCc4cc(O)ccc4C3CCC12C.Cl.O=C(COc1ccc(Cl)cc1)N1CCN(Cc2ccc3c(c2)OCO3)CC1. The third-order valence-corrected chi connectivity index (χ3v) is 11.9. The molecule has 0 spiro atoms. The van der Waals surface area contributed by atoms with E-state index in [1.165, 1.54) is 42.9 Å². The molecule has 1 N–H and O–H groups in total. The van der Waals surface area contributed by atoms with Crippen molar-refractivity contribution in [3.05, 3.63) is 82.4 Å². The van der Waals surface area contributed by atoms with Gasteiger partial charge in [0.05, 0.1) is 0 Å². The third-order valence-electron chi connectivity index (χ3n) is 11.7. The Morgan fingerprint density at radius 1 is 0.941 bits per heavy atom. The first kappa shape index (κ1) is 37.1. The lowest BCUT2D eigenvalue weighted by molar-refractivity contribution is -0.154. The van der Waals surface area contributed by atoms with Crippen LogP contribution in [-0.2, 0) is 27.3 Å². The summed E-state index contributed by atoms with van der Waals surface area (Å²) in [6.45, 7) is 8.12. The predicted molar refractivity (Wildman–Crippen MR) is 197 cm³/mol. The van der Waals surface area contributed by atoms with Gasteiger partial charge in [0.2, 0.25) is 6.79 Å². The van der Waals surface area contributed by atoms with Crippen LogP contribution >= 0.6 is 24.0 Å². The van der Waals surface area contributed by atoms with Crippen molar-refractivity contribution in [1.82, 2.24) is 9.80 Å². The quantitative estimate of drug-likeness (QED) is 0.262. The Morgan fingerprint density at radius 2 is 1.71 bits per heavy atom. The van der Waals surface area contributed by atoms with E-state index in [-0.39, 0.29) is 49.2 Å². The van der Waals surface area contributed by atoms with E-state index < -0.39 is 0 Å². The second-order valence-corrected chi connectivity index (χ2v) is 15.0. The van der Waals surface area contributed by atoms with Crippen LogP contribution in [0.4, 0.5) is 0 Å². The summed E-state index contributed by atoms with van der Waals surface area (Å²) in [6.07, 6.45) is 6.89. The zero-order valence-electron chi connectivity index (χ0n) is 29.4. The molecule has 2 heterocycles. The first-order valence-electron chi connectivity index (χ1n) is 17.9. The summed E-state index contributed by atoms with van der Waals surface area (Å²) in [4.78, 5) is 28.0. The normalized spacial score (nSPS) is 26.0. The van der Waals surface area contributed by atoms with E-state index in [1.807, 2.05) is 29.2 Å². The minimum Gasteiger partial charge on any atom is -0.508 e. The van der Waals surface area contributed by atoms with Crippen LogP contribution in [0.2, 0.25) is 5.02 Å². The van der Waals surface area contributed by atoms with Crippen molar-refractivity contribution < 1.29 is 33.6 Å². The second-order valence-electron chi connectivity index (χ2n) is 14.6. The van der Waals surface area contributed by atoms with E-state index in [4.69, 9.17) is 30.5 Å². The number of benzene rings is 3. The molecular weight excluding hydrogens is 691 g/mol. The Labute approximate surface area is 311 Å². The fraction of sp³-hybridized carbons (Fsp3) is 0.500. The van der Waals surface area contributed by atoms with Crippen LogP contribution in [0.25, 0.3) is 0 Å². The zero-order valence-corrected chi connectivity index (χ0v) is 30.9. The Kier molecular flexibility index (Phi) is 11.6. The number of phenols is 1. The van der Waals surface area contributed by atoms with Crippen molar-refractivity contribution in [2.45, 2.75) is 70.9 Å². The van der Waals surface area contributed by atoms with Crippen LogP contribution in [0, 0.1) is 17.3 Å². The van der Waals surface area contributed by atoms with Gasteiger partial charge in [0.15, 0.2) is 18.1 Å². The molecule has 9 nitrogen and oxygen atoms in total. The standard InChI is InChI=1S/C20H21ClN2O4.C20H26O3.ClH/c21-16-2-4-17(5-3-16)25-13-20(24)23-9-7-22(8-10-23)12-15-1-6-18-19(11-15)27-14-26-18;1-12(21)23-19-8-7-18-17-5-3-13-11-14(22)4-6-15(13)16(17)9-10-20(18,19)2;/h1-6,11H,7-10,12-14H2;4,6,11,16-19,22H,3,5,7-10H2,1-2H3;1H. The van der Waals surface area contributed by atoms with Gasteiger partial charge in [0.1, 0.15) is 17.6 Å². The summed E-state index contributed by atoms with van der Waals surface area (Å²) >= 11 is 5.85. The first-order valence-corrected chi connectivity index (χ1v) is 18.3. The number of phenolic OH excluding ortho intramolecular Hbond substituents is 1. The summed E-state index contributed by atoms with van der Waals surface area (Å²) < 4.78 is 22.0. The molecule has 11 heteroatoms. The van der Waals surface area contributed by atoms with Gasteiger partial charge in [-0.3, -0.25) is 14.5 Å². The monoisotopic (exact) mass is 738 g/mol. The minimum absolute atomic E-state index is 0. The number of halogens is 2. The summed E-state index contributed by atoms with van der Waals surface area (Å²) in [5.74, 6) is 4.49. The number of esters is 1. The van der Waals surface area contributed by atoms with Crippen LogP contribution in [0.1, 0.15) is 68.6 Å². The van der Waals surface area contributed by atoms with Gasteiger partial charge in [-0.25, -0.2) is 0 Å². The van der Waals surface area contributed by atoms with Gasteiger partial charge in [0, 0.05) is 50.1 Å². The number of nitrogens with zero attached hydrogens (tertiary/aromatic N) is 2. The van der Waals surface area contributed by atoms with Crippen molar-refractivity contribution in [1.29, 1.82) is 0 Å². The highest BCUT2D eigenvalue weighted by molar-refractivity contribution is 6.30. The number of carbonyl (C=O) groups is 2. The second kappa shape index (κ2) is 15.9. The lowest BCUT2D eigenvalue weighted by Gasteiger charge is -2.50. The van der Waals surface area contributed by atoms with Gasteiger partial charge in [-0.15, -0.1) is 12.4 Å². The molecule has 0 radical (unpaired) electrons. The fourth-order valence-electron chi connectivity index (χ4n) is 9.13. The molecule has 3 aromatic rings. The molecule has 0 bridgehead atoms. The van der Waals surface area contributed by atoms with Crippen LogP contribution in [0.3, 0.4) is 0 Å². The van der Waals surface area contributed by atoms with E-state index >= 15 is 0 Å². The maximum absolute atomic E-state index is 12.4. The van der Waals surface area contributed by atoms with Gasteiger partial charge in [-0.05, 0) is 121 Å². The van der Waals surface area contributed by atoms with Gasteiger partial charge < -0.3 is 29.0 Å². The summed E-state index contributed by atoms with van der Waals surface area (Å²) in [6, 6.07) is 19.0. The van der Waals surface area contributed by atoms with Gasteiger partial charge in [0.25, 0.3) is 5.91 Å². The summed E-state index contributed by atoms with van der Waals surface area (Å²) in [7, 11) is 0. The van der Waals surface area contributed by atoms with Crippen molar-refractivity contribution in [3.63, 3.8) is 0 Å². The Hall–Kier alpha value is -3.66. The average Bonchev–Trinajstić information content (AvgIpc) is 3.71. The number of hydrogen-bond donors (Lipinski definition) is 1. The number of aromatic hydroxyl groups is 1. The predicted octanol–water partition coefficient (Wildman–Crippen LogP) is 7.39. The van der Waals surface area contributed by atoms with Gasteiger partial charge in [-0.2, -0.15) is 0 Å². The molecule has 274 valence electrons. The molecule has 1 amide bonds. The number of piperazine rings is 1. The molecule has 5 unspecified atom stereocenters. The van der Waals surface area contributed by atoms with Crippen molar-refractivity contribution >= 4 is 35.9 Å². The van der Waals surface area contributed by atoms with E-state index in [2.05, 4.69) is 24.0 Å². The highest BCUT2D eigenvalue weighted by Crippen LogP contribution is 2.61. The van der Waals surface area contributed by atoms with E-state index in [0.29, 0.717) is 47.4 Å². The Morgan fingerprint density at radius 3 is 2.47 bits per heavy atom. The highest BCUT2D eigenvalue weighted by Gasteiger charge is 2.56. The van der Waals surface area contributed by atoms with Crippen molar-refractivity contribution in [3.8, 4) is 23.0 Å². The molecule has 1 saturated heterocycles. The molecule has 2 aliphatic heterocycles.